The van der Waals surface area contributed by atoms with Gasteiger partial charge in [0.2, 0.25) is 10.0 Å². The van der Waals surface area contributed by atoms with E-state index < -0.39 is 10.0 Å². The minimum Gasteiger partial charge on any atom is -0.494 e. The lowest BCUT2D eigenvalue weighted by atomic mass is 10.1. The first-order valence-electron chi connectivity index (χ1n) is 7.66. The molecule has 0 saturated heterocycles. The van der Waals surface area contributed by atoms with Crippen molar-refractivity contribution in [3.63, 3.8) is 0 Å². The highest BCUT2D eigenvalue weighted by atomic mass is 32.2. The summed E-state index contributed by atoms with van der Waals surface area (Å²) in [5, 5.41) is 4.09. The van der Waals surface area contributed by atoms with E-state index in [1.165, 1.54) is 6.20 Å². The molecule has 0 bridgehead atoms. The van der Waals surface area contributed by atoms with E-state index in [0.717, 1.165) is 11.3 Å². The summed E-state index contributed by atoms with van der Waals surface area (Å²) >= 11 is 0. The number of aromatic nitrogens is 2. The molecular formula is C16H23N3O3S. The van der Waals surface area contributed by atoms with Gasteiger partial charge in [0.15, 0.2) is 0 Å². The minimum atomic E-state index is -3.61. The van der Waals surface area contributed by atoms with Crippen molar-refractivity contribution in [2.45, 2.75) is 45.2 Å². The second-order valence-corrected chi connectivity index (χ2v) is 6.94. The van der Waals surface area contributed by atoms with Gasteiger partial charge in [-0.2, -0.15) is 5.10 Å². The second-order valence-electron chi connectivity index (χ2n) is 5.26. The summed E-state index contributed by atoms with van der Waals surface area (Å²) in [4.78, 5) is 0.220. The van der Waals surface area contributed by atoms with Crippen LogP contribution in [0.3, 0.4) is 0 Å². The summed E-state index contributed by atoms with van der Waals surface area (Å²) in [5.74, 6) is 0.770. The molecule has 2 rings (SSSR count). The standard InChI is InChI=1S/C16H23N3O3S/c1-5-19-13(4)16(11-17-19)23(20,21)18-12(3)14-7-9-15(10-8-14)22-6-2/h7-12,18H,5-6H2,1-4H3/t12-/m0/s1. The molecule has 6 nitrogen and oxygen atoms in total. The van der Waals surface area contributed by atoms with E-state index in [4.69, 9.17) is 4.74 Å². The monoisotopic (exact) mass is 337 g/mol. The Kier molecular flexibility index (Phi) is 5.43. The molecule has 1 N–H and O–H groups in total. The second kappa shape index (κ2) is 7.14. The summed E-state index contributed by atoms with van der Waals surface area (Å²) in [7, 11) is -3.61. The normalized spacial score (nSPS) is 13.0. The molecule has 2 aromatic rings. The Hall–Kier alpha value is -1.86. The van der Waals surface area contributed by atoms with Crippen molar-refractivity contribution in [2.75, 3.05) is 6.61 Å². The lowest BCUT2D eigenvalue weighted by molar-refractivity contribution is 0.340. The highest BCUT2D eigenvalue weighted by molar-refractivity contribution is 7.89. The van der Waals surface area contributed by atoms with Crippen LogP contribution in [0.5, 0.6) is 5.75 Å². The Labute approximate surface area is 137 Å². The van der Waals surface area contributed by atoms with E-state index in [1.807, 2.05) is 45.0 Å². The number of aryl methyl sites for hydroxylation is 1. The molecule has 1 atom stereocenters. The topological polar surface area (TPSA) is 73.2 Å². The fraction of sp³-hybridized carbons (Fsp3) is 0.438. The fourth-order valence-corrected chi connectivity index (χ4v) is 3.80. The molecule has 0 unspecified atom stereocenters. The molecule has 1 heterocycles. The van der Waals surface area contributed by atoms with Crippen molar-refractivity contribution >= 4 is 10.0 Å². The molecule has 0 aliphatic carbocycles. The van der Waals surface area contributed by atoms with Crippen LogP contribution in [0.15, 0.2) is 35.4 Å². The van der Waals surface area contributed by atoms with Gasteiger partial charge in [-0.3, -0.25) is 4.68 Å². The molecule has 1 aromatic carbocycles. The Morgan fingerprint density at radius 1 is 1.26 bits per heavy atom. The summed E-state index contributed by atoms with van der Waals surface area (Å²) in [6.45, 7) is 8.65. The van der Waals surface area contributed by atoms with E-state index in [9.17, 15) is 8.42 Å². The first kappa shape index (κ1) is 17.5. The van der Waals surface area contributed by atoms with Gasteiger partial charge in [-0.1, -0.05) is 12.1 Å². The Morgan fingerprint density at radius 2 is 1.91 bits per heavy atom. The third-order valence-electron chi connectivity index (χ3n) is 3.67. The number of rotatable bonds is 7. The number of ether oxygens (including phenoxy) is 1. The van der Waals surface area contributed by atoms with Gasteiger partial charge in [-0.15, -0.1) is 0 Å². The fourth-order valence-electron chi connectivity index (χ4n) is 2.40. The molecule has 126 valence electrons. The van der Waals surface area contributed by atoms with Crippen molar-refractivity contribution in [3.8, 4) is 5.75 Å². The van der Waals surface area contributed by atoms with Crippen molar-refractivity contribution in [3.05, 3.63) is 41.7 Å². The van der Waals surface area contributed by atoms with Gasteiger partial charge in [0.05, 0.1) is 18.5 Å². The van der Waals surface area contributed by atoms with Crippen LogP contribution in [-0.2, 0) is 16.6 Å². The SMILES string of the molecule is CCOc1ccc([C@H](C)NS(=O)(=O)c2cnn(CC)c2C)cc1. The van der Waals surface area contributed by atoms with Crippen molar-refractivity contribution < 1.29 is 13.2 Å². The number of nitrogens with zero attached hydrogens (tertiary/aromatic N) is 2. The molecule has 7 heteroatoms. The van der Waals surface area contributed by atoms with Gasteiger partial charge in [-0.05, 0) is 45.4 Å². The quantitative estimate of drug-likeness (QED) is 0.843. The molecule has 0 spiro atoms. The maximum Gasteiger partial charge on any atom is 0.244 e. The van der Waals surface area contributed by atoms with Crippen LogP contribution in [0.4, 0.5) is 0 Å². The molecule has 0 fully saturated rings. The molecular weight excluding hydrogens is 314 g/mol. The van der Waals surface area contributed by atoms with Crippen LogP contribution in [0.25, 0.3) is 0 Å². The first-order chi connectivity index (χ1) is 10.9. The largest absolute Gasteiger partial charge is 0.494 e. The predicted molar refractivity (Wildman–Crippen MR) is 89.0 cm³/mol. The molecule has 23 heavy (non-hydrogen) atoms. The molecule has 0 amide bonds. The van der Waals surface area contributed by atoms with Gasteiger partial charge in [0.25, 0.3) is 0 Å². The van der Waals surface area contributed by atoms with Gasteiger partial charge < -0.3 is 4.74 Å². The van der Waals surface area contributed by atoms with Crippen molar-refractivity contribution in [1.82, 2.24) is 14.5 Å². The molecule has 0 saturated carbocycles. The average Bonchev–Trinajstić information content (AvgIpc) is 2.89. The summed E-state index contributed by atoms with van der Waals surface area (Å²) in [5.41, 5.74) is 1.51. The van der Waals surface area contributed by atoms with Crippen LogP contribution in [-0.4, -0.2) is 24.8 Å². The summed E-state index contributed by atoms with van der Waals surface area (Å²) < 4.78 is 34.8. The lowest BCUT2D eigenvalue weighted by Crippen LogP contribution is -2.27. The average molecular weight is 337 g/mol. The molecule has 0 aliphatic rings. The molecule has 0 radical (unpaired) electrons. The molecule has 0 aliphatic heterocycles. The number of hydrogen-bond donors (Lipinski definition) is 1. The van der Waals surface area contributed by atoms with E-state index >= 15 is 0 Å². The zero-order valence-corrected chi connectivity index (χ0v) is 14.7. The van der Waals surface area contributed by atoms with Crippen LogP contribution < -0.4 is 9.46 Å². The van der Waals surface area contributed by atoms with E-state index in [2.05, 4.69) is 9.82 Å². The van der Waals surface area contributed by atoms with Gasteiger partial charge >= 0.3 is 0 Å². The summed E-state index contributed by atoms with van der Waals surface area (Å²) in [6.07, 6.45) is 1.39. The zero-order valence-electron chi connectivity index (χ0n) is 13.9. The number of nitrogens with one attached hydrogen (secondary N) is 1. The van der Waals surface area contributed by atoms with Crippen molar-refractivity contribution in [2.24, 2.45) is 0 Å². The highest BCUT2D eigenvalue weighted by Crippen LogP contribution is 2.21. The first-order valence-corrected chi connectivity index (χ1v) is 9.14. The Bertz CT molecular complexity index is 751. The minimum absolute atomic E-state index is 0.220. The highest BCUT2D eigenvalue weighted by Gasteiger charge is 2.23. The van der Waals surface area contributed by atoms with E-state index in [1.54, 1.807) is 11.6 Å². The number of hydrogen-bond acceptors (Lipinski definition) is 4. The van der Waals surface area contributed by atoms with Crippen LogP contribution in [0, 0.1) is 6.92 Å². The zero-order chi connectivity index (χ0) is 17.0. The molecule has 1 aromatic heterocycles. The number of sulfonamides is 1. The van der Waals surface area contributed by atoms with Gasteiger partial charge in [-0.25, -0.2) is 13.1 Å². The predicted octanol–water partition coefficient (Wildman–Crippen LogP) is 2.65. The third-order valence-corrected chi connectivity index (χ3v) is 5.31. The smallest absolute Gasteiger partial charge is 0.244 e. The van der Waals surface area contributed by atoms with Gasteiger partial charge in [0, 0.05) is 12.6 Å². The third kappa shape index (κ3) is 3.92. The van der Waals surface area contributed by atoms with E-state index in [-0.39, 0.29) is 10.9 Å². The van der Waals surface area contributed by atoms with Gasteiger partial charge in [0.1, 0.15) is 10.6 Å². The lowest BCUT2D eigenvalue weighted by Gasteiger charge is -2.15. The van der Waals surface area contributed by atoms with Crippen LogP contribution in [0.1, 0.15) is 38.1 Å². The maximum absolute atomic E-state index is 12.5. The van der Waals surface area contributed by atoms with Crippen molar-refractivity contribution in [1.29, 1.82) is 0 Å². The summed E-state index contributed by atoms with van der Waals surface area (Å²) in [6, 6.07) is 7.05. The van der Waals surface area contributed by atoms with Crippen LogP contribution >= 0.6 is 0 Å². The Morgan fingerprint density at radius 3 is 2.43 bits per heavy atom. The number of benzene rings is 1. The van der Waals surface area contributed by atoms with Crippen LogP contribution in [0.2, 0.25) is 0 Å². The Balaban J connectivity index is 2.17. The van der Waals surface area contributed by atoms with E-state index in [0.29, 0.717) is 18.8 Å². The maximum atomic E-state index is 12.5.